The van der Waals surface area contributed by atoms with Crippen molar-refractivity contribution in [2.45, 2.75) is 11.9 Å². The van der Waals surface area contributed by atoms with Gasteiger partial charge in [0, 0.05) is 28.4 Å². The molecule has 0 aliphatic heterocycles. The van der Waals surface area contributed by atoms with Crippen LogP contribution in [0.4, 0.5) is 11.4 Å². The van der Waals surface area contributed by atoms with Crippen LogP contribution in [-0.4, -0.2) is 26.8 Å². The maximum absolute atomic E-state index is 12.1. The summed E-state index contributed by atoms with van der Waals surface area (Å²) in [6.07, 6.45) is 0. The van der Waals surface area contributed by atoms with Crippen molar-refractivity contribution in [1.82, 2.24) is 10.2 Å². The molecule has 9 heteroatoms. The standard InChI is InChI=1S/C19H15ClN4O3S/c1-12-15(20)3-2-4-16(12)21-18(25)11-28-19-10-9-17(22-23-19)13-5-7-14(8-6-13)24(26)27/h2-10H,11H2,1H3,(H,21,25). The van der Waals surface area contributed by atoms with E-state index >= 15 is 0 Å². The van der Waals surface area contributed by atoms with Gasteiger partial charge in [0.05, 0.1) is 16.4 Å². The van der Waals surface area contributed by atoms with Crippen molar-refractivity contribution in [3.05, 3.63) is 75.3 Å². The molecule has 0 radical (unpaired) electrons. The molecule has 1 amide bonds. The Hall–Kier alpha value is -2.97. The average molecular weight is 415 g/mol. The van der Waals surface area contributed by atoms with Crippen LogP contribution in [0.15, 0.2) is 59.6 Å². The number of carbonyl (C=O) groups is 1. The Bertz CT molecular complexity index is 1010. The van der Waals surface area contributed by atoms with E-state index in [0.717, 1.165) is 11.1 Å². The van der Waals surface area contributed by atoms with Crippen molar-refractivity contribution in [2.24, 2.45) is 0 Å². The lowest BCUT2D eigenvalue weighted by Crippen LogP contribution is -2.15. The maximum Gasteiger partial charge on any atom is 0.269 e. The predicted molar refractivity (Wildman–Crippen MR) is 110 cm³/mol. The third-order valence-corrected chi connectivity index (χ3v) is 5.24. The molecule has 0 unspecified atom stereocenters. The summed E-state index contributed by atoms with van der Waals surface area (Å²) < 4.78 is 0. The quantitative estimate of drug-likeness (QED) is 0.355. The van der Waals surface area contributed by atoms with Crippen molar-refractivity contribution < 1.29 is 9.72 Å². The molecule has 142 valence electrons. The number of nitrogens with one attached hydrogen (secondary N) is 1. The first-order valence-corrected chi connectivity index (χ1v) is 9.57. The molecule has 0 aliphatic carbocycles. The molecule has 1 N–H and O–H groups in total. The molecule has 1 aromatic heterocycles. The largest absolute Gasteiger partial charge is 0.325 e. The minimum atomic E-state index is -0.453. The lowest BCUT2D eigenvalue weighted by atomic mass is 10.1. The zero-order valence-corrected chi connectivity index (χ0v) is 16.3. The monoisotopic (exact) mass is 414 g/mol. The van der Waals surface area contributed by atoms with Crippen molar-refractivity contribution in [2.75, 3.05) is 11.1 Å². The van der Waals surface area contributed by atoms with E-state index in [1.54, 1.807) is 42.5 Å². The Balaban J connectivity index is 1.59. The number of halogens is 1. The fourth-order valence-electron chi connectivity index (χ4n) is 2.37. The van der Waals surface area contributed by atoms with Gasteiger partial charge in [-0.15, -0.1) is 10.2 Å². The fourth-order valence-corrected chi connectivity index (χ4v) is 3.16. The van der Waals surface area contributed by atoms with Gasteiger partial charge in [-0.2, -0.15) is 0 Å². The lowest BCUT2D eigenvalue weighted by molar-refractivity contribution is -0.384. The Kier molecular flexibility index (Phi) is 6.23. The Morgan fingerprint density at radius 2 is 1.89 bits per heavy atom. The molecule has 0 atom stereocenters. The Morgan fingerprint density at radius 3 is 2.54 bits per heavy atom. The van der Waals surface area contributed by atoms with Crippen LogP contribution in [0.5, 0.6) is 0 Å². The molecule has 0 fully saturated rings. The van der Waals surface area contributed by atoms with E-state index < -0.39 is 4.92 Å². The summed E-state index contributed by atoms with van der Waals surface area (Å²) in [5.74, 6) is 0.00828. The number of hydrogen-bond donors (Lipinski definition) is 1. The van der Waals surface area contributed by atoms with Crippen LogP contribution in [0.25, 0.3) is 11.3 Å². The van der Waals surface area contributed by atoms with Crippen molar-refractivity contribution in [3.8, 4) is 11.3 Å². The van der Waals surface area contributed by atoms with E-state index in [-0.39, 0.29) is 17.3 Å². The third-order valence-electron chi connectivity index (χ3n) is 3.91. The number of thioether (sulfide) groups is 1. The minimum absolute atomic E-state index is 0.0184. The number of hydrogen-bond acceptors (Lipinski definition) is 6. The molecule has 0 bridgehead atoms. The number of non-ortho nitro benzene ring substituents is 1. The second-order valence-corrected chi connectivity index (χ2v) is 7.21. The van der Waals surface area contributed by atoms with Gasteiger partial charge in [-0.25, -0.2) is 0 Å². The molecule has 0 aliphatic rings. The average Bonchev–Trinajstić information content (AvgIpc) is 2.70. The first-order chi connectivity index (χ1) is 13.4. The van der Waals surface area contributed by atoms with Crippen LogP contribution < -0.4 is 5.32 Å². The van der Waals surface area contributed by atoms with Gasteiger partial charge < -0.3 is 5.32 Å². The number of nitro benzene ring substituents is 1. The zero-order valence-electron chi connectivity index (χ0n) is 14.8. The van der Waals surface area contributed by atoms with Gasteiger partial charge in [0.25, 0.3) is 5.69 Å². The molecule has 3 rings (SSSR count). The lowest BCUT2D eigenvalue weighted by Gasteiger charge is -2.09. The van der Waals surface area contributed by atoms with Crippen molar-refractivity contribution in [1.29, 1.82) is 0 Å². The van der Waals surface area contributed by atoms with Gasteiger partial charge in [-0.05, 0) is 48.9 Å². The summed E-state index contributed by atoms with van der Waals surface area (Å²) in [6, 6.07) is 14.9. The van der Waals surface area contributed by atoms with Crippen LogP contribution in [0.3, 0.4) is 0 Å². The van der Waals surface area contributed by atoms with Crippen LogP contribution in [-0.2, 0) is 4.79 Å². The topological polar surface area (TPSA) is 98.0 Å². The molecule has 28 heavy (non-hydrogen) atoms. The number of anilines is 1. The van der Waals surface area contributed by atoms with Gasteiger partial charge >= 0.3 is 0 Å². The first-order valence-electron chi connectivity index (χ1n) is 8.20. The Labute approximate surface area is 170 Å². The second kappa shape index (κ2) is 8.81. The summed E-state index contributed by atoms with van der Waals surface area (Å²) in [5, 5.41) is 23.0. The summed E-state index contributed by atoms with van der Waals surface area (Å²) >= 11 is 7.31. The fraction of sp³-hybridized carbons (Fsp3) is 0.105. The maximum atomic E-state index is 12.1. The van der Waals surface area contributed by atoms with E-state index in [4.69, 9.17) is 11.6 Å². The van der Waals surface area contributed by atoms with Crippen molar-refractivity contribution >= 4 is 40.6 Å². The SMILES string of the molecule is Cc1c(Cl)cccc1NC(=O)CSc1ccc(-c2ccc([N+](=O)[O-])cc2)nn1. The first kappa shape index (κ1) is 19.8. The van der Waals surface area contributed by atoms with Gasteiger partial charge in [-0.3, -0.25) is 14.9 Å². The molecule has 3 aromatic rings. The van der Waals surface area contributed by atoms with Crippen molar-refractivity contribution in [3.63, 3.8) is 0 Å². The molecule has 0 spiro atoms. The summed E-state index contributed by atoms with van der Waals surface area (Å²) in [6.45, 7) is 1.84. The van der Waals surface area contributed by atoms with Crippen LogP contribution in [0.2, 0.25) is 5.02 Å². The number of carbonyl (C=O) groups excluding carboxylic acids is 1. The van der Waals surface area contributed by atoms with Crippen LogP contribution in [0, 0.1) is 17.0 Å². The van der Waals surface area contributed by atoms with Gasteiger partial charge in [0.2, 0.25) is 5.91 Å². The van der Waals surface area contributed by atoms with Gasteiger partial charge in [0.1, 0.15) is 5.03 Å². The molecule has 0 saturated carbocycles. The molecule has 7 nitrogen and oxygen atoms in total. The number of nitrogens with zero attached hydrogens (tertiary/aromatic N) is 3. The summed E-state index contributed by atoms with van der Waals surface area (Å²) in [7, 11) is 0. The number of nitro groups is 1. The molecular weight excluding hydrogens is 400 g/mol. The highest BCUT2D eigenvalue weighted by Crippen LogP contribution is 2.24. The van der Waals surface area contributed by atoms with E-state index in [1.165, 1.54) is 23.9 Å². The predicted octanol–water partition coefficient (Wildman–Crippen LogP) is 4.74. The molecule has 0 saturated heterocycles. The third kappa shape index (κ3) is 4.85. The van der Waals surface area contributed by atoms with E-state index in [2.05, 4.69) is 15.5 Å². The number of benzene rings is 2. The van der Waals surface area contributed by atoms with Gasteiger partial charge in [0.15, 0.2) is 0 Å². The van der Waals surface area contributed by atoms with E-state index in [0.29, 0.717) is 21.4 Å². The smallest absolute Gasteiger partial charge is 0.269 e. The van der Waals surface area contributed by atoms with Crippen LogP contribution >= 0.6 is 23.4 Å². The second-order valence-electron chi connectivity index (χ2n) is 5.81. The number of amides is 1. The summed E-state index contributed by atoms with van der Waals surface area (Å²) in [4.78, 5) is 22.4. The molecule has 2 aromatic carbocycles. The van der Waals surface area contributed by atoms with Gasteiger partial charge in [-0.1, -0.05) is 29.4 Å². The Morgan fingerprint density at radius 1 is 1.14 bits per heavy atom. The van der Waals surface area contributed by atoms with E-state index in [9.17, 15) is 14.9 Å². The molecular formula is C19H15ClN4O3S. The summed E-state index contributed by atoms with van der Waals surface area (Å²) in [5.41, 5.74) is 2.83. The highest BCUT2D eigenvalue weighted by molar-refractivity contribution is 7.99. The highest BCUT2D eigenvalue weighted by atomic mass is 35.5. The highest BCUT2D eigenvalue weighted by Gasteiger charge is 2.10. The zero-order chi connectivity index (χ0) is 20.1. The minimum Gasteiger partial charge on any atom is -0.325 e. The number of rotatable bonds is 6. The normalized spacial score (nSPS) is 10.5. The van der Waals surface area contributed by atoms with E-state index in [1.807, 2.05) is 6.92 Å². The van der Waals surface area contributed by atoms with Crippen LogP contribution in [0.1, 0.15) is 5.56 Å². The number of aromatic nitrogens is 2. The molecule has 1 heterocycles.